The lowest BCUT2D eigenvalue weighted by Crippen LogP contribution is -2.26. The molecule has 2 aromatic carbocycles. The number of benzene rings is 2. The van der Waals surface area contributed by atoms with Crippen molar-refractivity contribution in [2.45, 2.75) is 25.1 Å². The van der Waals surface area contributed by atoms with E-state index >= 15 is 0 Å². The molecule has 164 valence electrons. The Morgan fingerprint density at radius 3 is 2.66 bits per heavy atom. The second kappa shape index (κ2) is 9.54. The van der Waals surface area contributed by atoms with Gasteiger partial charge in [0.15, 0.2) is 0 Å². The number of hydrogen-bond donors (Lipinski definition) is 2. The summed E-state index contributed by atoms with van der Waals surface area (Å²) in [6, 6.07) is 15.3. The van der Waals surface area contributed by atoms with E-state index in [2.05, 4.69) is 15.6 Å². The number of carbonyl (C=O) groups is 3. The Kier molecular flexibility index (Phi) is 6.57. The fraction of sp³-hybridized carbons (Fsp3) is 0.217. The maximum atomic E-state index is 12.8. The molecule has 3 aromatic rings. The van der Waals surface area contributed by atoms with Crippen LogP contribution in [0.25, 0.3) is 10.6 Å². The summed E-state index contributed by atoms with van der Waals surface area (Å²) in [5.74, 6) is 0.0947. The fourth-order valence-corrected chi connectivity index (χ4v) is 5.18. The maximum absolute atomic E-state index is 12.8. The first-order chi connectivity index (χ1) is 15.4. The van der Waals surface area contributed by atoms with Crippen molar-refractivity contribution in [2.24, 2.45) is 0 Å². The molecule has 3 amide bonds. The number of rotatable bonds is 7. The Morgan fingerprint density at radius 1 is 1.19 bits per heavy atom. The normalized spacial score (nSPS) is 15.5. The zero-order chi connectivity index (χ0) is 22.7. The van der Waals surface area contributed by atoms with Gasteiger partial charge in [0.05, 0.1) is 12.4 Å². The molecule has 32 heavy (non-hydrogen) atoms. The SMILES string of the molecule is COc1ccc(CC2SC(=O)NC2=O)cc1CNC(=O)c1nc(-c2ccccc2)sc1C. The molecule has 2 heterocycles. The molecule has 7 nitrogen and oxygen atoms in total. The molecule has 2 N–H and O–H groups in total. The molecule has 0 radical (unpaired) electrons. The Hall–Kier alpha value is -3.17. The molecule has 1 atom stereocenters. The van der Waals surface area contributed by atoms with Gasteiger partial charge in [-0.15, -0.1) is 11.3 Å². The van der Waals surface area contributed by atoms with Crippen molar-refractivity contribution in [3.05, 3.63) is 70.2 Å². The van der Waals surface area contributed by atoms with Gasteiger partial charge in [-0.1, -0.05) is 54.2 Å². The van der Waals surface area contributed by atoms with E-state index in [1.54, 1.807) is 13.2 Å². The number of thiazole rings is 1. The van der Waals surface area contributed by atoms with E-state index in [9.17, 15) is 14.4 Å². The van der Waals surface area contributed by atoms with Crippen LogP contribution >= 0.6 is 23.1 Å². The van der Waals surface area contributed by atoms with Crippen LogP contribution in [0.15, 0.2) is 48.5 Å². The number of hydrogen-bond acceptors (Lipinski definition) is 7. The van der Waals surface area contributed by atoms with Crippen LogP contribution in [0.2, 0.25) is 0 Å². The molecule has 4 rings (SSSR count). The highest BCUT2D eigenvalue weighted by atomic mass is 32.2. The number of carbonyl (C=O) groups excluding carboxylic acids is 3. The van der Waals surface area contributed by atoms with Crippen LogP contribution in [0.4, 0.5) is 4.79 Å². The van der Waals surface area contributed by atoms with Gasteiger partial charge >= 0.3 is 0 Å². The van der Waals surface area contributed by atoms with Gasteiger partial charge in [-0.2, -0.15) is 0 Å². The average molecular weight is 468 g/mol. The zero-order valence-corrected chi connectivity index (χ0v) is 19.1. The van der Waals surface area contributed by atoms with E-state index in [0.717, 1.165) is 38.3 Å². The van der Waals surface area contributed by atoms with Crippen molar-refractivity contribution in [1.29, 1.82) is 0 Å². The van der Waals surface area contributed by atoms with Crippen molar-refractivity contribution in [3.8, 4) is 16.3 Å². The molecule has 1 aliphatic rings. The van der Waals surface area contributed by atoms with Crippen LogP contribution in [0.1, 0.15) is 26.5 Å². The number of ether oxygens (including phenoxy) is 1. The van der Waals surface area contributed by atoms with Gasteiger partial charge < -0.3 is 10.1 Å². The highest BCUT2D eigenvalue weighted by Crippen LogP contribution is 2.28. The van der Waals surface area contributed by atoms with Gasteiger partial charge in [0, 0.05) is 22.5 Å². The van der Waals surface area contributed by atoms with E-state index in [-0.39, 0.29) is 23.6 Å². The Morgan fingerprint density at radius 2 is 1.97 bits per heavy atom. The fourth-order valence-electron chi connectivity index (χ4n) is 3.41. The molecule has 9 heteroatoms. The number of nitrogens with one attached hydrogen (secondary N) is 2. The third-order valence-electron chi connectivity index (χ3n) is 5.00. The van der Waals surface area contributed by atoms with Crippen molar-refractivity contribution >= 4 is 40.2 Å². The molecule has 1 unspecified atom stereocenters. The van der Waals surface area contributed by atoms with Crippen LogP contribution in [-0.2, 0) is 17.8 Å². The molecule has 0 bridgehead atoms. The molecule has 1 aromatic heterocycles. The molecule has 0 spiro atoms. The summed E-state index contributed by atoms with van der Waals surface area (Å²) in [7, 11) is 1.57. The lowest BCUT2D eigenvalue weighted by atomic mass is 10.0. The lowest BCUT2D eigenvalue weighted by molar-refractivity contribution is -0.118. The third kappa shape index (κ3) is 4.84. The number of amides is 3. The average Bonchev–Trinajstić information content (AvgIpc) is 3.34. The predicted molar refractivity (Wildman–Crippen MR) is 125 cm³/mol. The highest BCUT2D eigenvalue weighted by molar-refractivity contribution is 8.15. The Labute approximate surface area is 193 Å². The molecule has 0 saturated carbocycles. The second-order valence-electron chi connectivity index (χ2n) is 7.21. The standard InChI is InChI=1S/C23H21N3O4S2/c1-13-19(25-22(31-13)15-6-4-3-5-7-15)21(28)24-12-16-10-14(8-9-17(16)30-2)11-18-20(27)26-23(29)32-18/h3-10,18H,11-12H2,1-2H3,(H,24,28)(H,26,27,29). The molecule has 0 aliphatic carbocycles. The maximum Gasteiger partial charge on any atom is 0.286 e. The third-order valence-corrected chi connectivity index (χ3v) is 7.01. The quantitative estimate of drug-likeness (QED) is 0.546. The second-order valence-corrected chi connectivity index (χ2v) is 9.58. The summed E-state index contributed by atoms with van der Waals surface area (Å²) in [4.78, 5) is 41.5. The first-order valence-electron chi connectivity index (χ1n) is 9.93. The first-order valence-corrected chi connectivity index (χ1v) is 11.6. The topological polar surface area (TPSA) is 97.4 Å². The molecule has 1 aliphatic heterocycles. The number of methoxy groups -OCH3 is 1. The van der Waals surface area contributed by atoms with E-state index in [1.165, 1.54) is 11.3 Å². The van der Waals surface area contributed by atoms with E-state index in [4.69, 9.17) is 4.74 Å². The summed E-state index contributed by atoms with van der Waals surface area (Å²) in [5.41, 5.74) is 3.04. The number of aryl methyl sites for hydroxylation is 1. The van der Waals surface area contributed by atoms with Crippen LogP contribution < -0.4 is 15.4 Å². The Balaban J connectivity index is 1.47. The van der Waals surface area contributed by atoms with Gasteiger partial charge in [0.1, 0.15) is 16.5 Å². The van der Waals surface area contributed by atoms with Gasteiger partial charge in [0.2, 0.25) is 5.91 Å². The largest absolute Gasteiger partial charge is 0.496 e. The van der Waals surface area contributed by atoms with E-state index in [0.29, 0.717) is 17.9 Å². The molecule has 1 saturated heterocycles. The number of nitrogens with zero attached hydrogens (tertiary/aromatic N) is 1. The van der Waals surface area contributed by atoms with Crippen LogP contribution in [0.3, 0.4) is 0 Å². The number of imide groups is 1. The minimum atomic E-state index is -0.451. The summed E-state index contributed by atoms with van der Waals surface area (Å²) in [5, 5.41) is 5.24. The number of aromatic nitrogens is 1. The van der Waals surface area contributed by atoms with Crippen molar-refractivity contribution in [3.63, 3.8) is 0 Å². The molecule has 1 fully saturated rings. The van der Waals surface area contributed by atoms with E-state index < -0.39 is 5.25 Å². The van der Waals surface area contributed by atoms with Crippen molar-refractivity contribution < 1.29 is 19.1 Å². The Bertz CT molecular complexity index is 1180. The summed E-state index contributed by atoms with van der Waals surface area (Å²) in [6.45, 7) is 2.13. The van der Waals surface area contributed by atoms with Gasteiger partial charge in [-0.25, -0.2) is 4.98 Å². The van der Waals surface area contributed by atoms with Gasteiger partial charge in [-0.05, 0) is 25.0 Å². The van der Waals surface area contributed by atoms with Crippen LogP contribution in [-0.4, -0.2) is 34.4 Å². The smallest absolute Gasteiger partial charge is 0.286 e. The number of thioether (sulfide) groups is 1. The first kappa shape index (κ1) is 22.0. The molecular formula is C23H21N3O4S2. The van der Waals surface area contributed by atoms with Crippen LogP contribution in [0.5, 0.6) is 5.75 Å². The summed E-state index contributed by atoms with van der Waals surface area (Å²) >= 11 is 2.48. The highest BCUT2D eigenvalue weighted by Gasteiger charge is 2.31. The van der Waals surface area contributed by atoms with Gasteiger partial charge in [-0.3, -0.25) is 19.7 Å². The zero-order valence-electron chi connectivity index (χ0n) is 17.5. The van der Waals surface area contributed by atoms with Crippen molar-refractivity contribution in [1.82, 2.24) is 15.6 Å². The van der Waals surface area contributed by atoms with Crippen LogP contribution in [0, 0.1) is 6.92 Å². The monoisotopic (exact) mass is 467 g/mol. The molecular weight excluding hydrogens is 446 g/mol. The summed E-state index contributed by atoms with van der Waals surface area (Å²) < 4.78 is 5.43. The predicted octanol–water partition coefficient (Wildman–Crippen LogP) is 3.95. The summed E-state index contributed by atoms with van der Waals surface area (Å²) in [6.07, 6.45) is 0.415. The van der Waals surface area contributed by atoms with E-state index in [1.807, 2.05) is 49.4 Å². The van der Waals surface area contributed by atoms with Crippen molar-refractivity contribution in [2.75, 3.05) is 7.11 Å². The van der Waals surface area contributed by atoms with Gasteiger partial charge in [0.25, 0.3) is 11.1 Å². The lowest BCUT2D eigenvalue weighted by Gasteiger charge is -2.13. The minimum absolute atomic E-state index is 0.246. The minimum Gasteiger partial charge on any atom is -0.496 e.